The summed E-state index contributed by atoms with van der Waals surface area (Å²) in [6.45, 7) is 3.78. The zero-order valence-electron chi connectivity index (χ0n) is 19.0. The van der Waals surface area contributed by atoms with Gasteiger partial charge in [0.05, 0.1) is 10.8 Å². The summed E-state index contributed by atoms with van der Waals surface area (Å²) in [7, 11) is -3.60. The number of aryl methyl sites for hydroxylation is 1. The molecular weight excluding hydrogens is 438 g/mol. The minimum atomic E-state index is -3.60. The van der Waals surface area contributed by atoms with Crippen molar-refractivity contribution in [1.82, 2.24) is 9.21 Å². The second kappa shape index (κ2) is 10.1. The summed E-state index contributed by atoms with van der Waals surface area (Å²) in [6, 6.07) is 14.9. The Morgan fingerprint density at radius 3 is 2.52 bits per heavy atom. The molecule has 8 heteroatoms. The topological polar surface area (TPSA) is 86.8 Å². The lowest BCUT2D eigenvalue weighted by Gasteiger charge is -2.26. The van der Waals surface area contributed by atoms with Crippen molar-refractivity contribution in [2.24, 2.45) is 5.92 Å². The highest BCUT2D eigenvalue weighted by molar-refractivity contribution is 7.89. The summed E-state index contributed by atoms with van der Waals surface area (Å²) in [5.41, 5.74) is 2.25. The number of hydrogen-bond acceptors (Lipinski definition) is 4. The summed E-state index contributed by atoms with van der Waals surface area (Å²) in [5, 5.41) is 2.84. The average molecular weight is 470 g/mol. The molecule has 2 fully saturated rings. The maximum Gasteiger partial charge on any atom is 0.243 e. The Balaban J connectivity index is 1.40. The molecule has 176 valence electrons. The number of nitrogens with one attached hydrogen (secondary N) is 1. The summed E-state index contributed by atoms with van der Waals surface area (Å²) >= 11 is 0. The number of sulfonamides is 1. The highest BCUT2D eigenvalue weighted by atomic mass is 32.2. The SMILES string of the molecule is Cc1ccc(NC(=O)C2CC(=O)N(CCc3ccccc3)C2)cc1S(=O)(=O)N1CCCCC1. The van der Waals surface area contributed by atoms with Gasteiger partial charge >= 0.3 is 0 Å². The molecule has 0 bridgehead atoms. The van der Waals surface area contributed by atoms with Crippen molar-refractivity contribution in [1.29, 1.82) is 0 Å². The molecular formula is C25H31N3O4S. The van der Waals surface area contributed by atoms with Crippen molar-refractivity contribution in [2.75, 3.05) is 31.5 Å². The standard InChI is InChI=1S/C25H31N3O4S/c1-19-10-11-22(17-23(19)33(31,32)28-13-6-3-7-14-28)26-25(30)21-16-24(29)27(18-21)15-12-20-8-4-2-5-9-20/h2,4-5,8-11,17,21H,3,6-7,12-16,18H2,1H3,(H,26,30). The molecule has 1 N–H and O–H groups in total. The Hall–Kier alpha value is -2.71. The number of carbonyl (C=O) groups excluding carboxylic acids is 2. The molecule has 2 amide bonds. The van der Waals surface area contributed by atoms with Crippen LogP contribution in [0.25, 0.3) is 0 Å². The van der Waals surface area contributed by atoms with Crippen LogP contribution in [0.2, 0.25) is 0 Å². The molecule has 2 saturated heterocycles. The average Bonchev–Trinajstić information content (AvgIpc) is 3.20. The lowest BCUT2D eigenvalue weighted by molar-refractivity contribution is -0.128. The van der Waals surface area contributed by atoms with Crippen molar-refractivity contribution >= 4 is 27.5 Å². The predicted molar refractivity (Wildman–Crippen MR) is 127 cm³/mol. The fourth-order valence-electron chi connectivity index (χ4n) is 4.52. The number of nitrogens with zero attached hydrogens (tertiary/aromatic N) is 2. The zero-order valence-corrected chi connectivity index (χ0v) is 19.8. The maximum absolute atomic E-state index is 13.1. The second-order valence-electron chi connectivity index (χ2n) is 8.91. The predicted octanol–water partition coefficient (Wildman–Crippen LogP) is 3.20. The first-order chi connectivity index (χ1) is 15.8. The van der Waals surface area contributed by atoms with E-state index in [1.165, 1.54) is 4.31 Å². The number of rotatable bonds is 7. The van der Waals surface area contributed by atoms with Crippen LogP contribution in [0.5, 0.6) is 0 Å². The fourth-order valence-corrected chi connectivity index (χ4v) is 6.28. The highest BCUT2D eigenvalue weighted by Crippen LogP contribution is 2.27. The first-order valence-electron chi connectivity index (χ1n) is 11.6. The van der Waals surface area contributed by atoms with Crippen molar-refractivity contribution in [3.05, 3.63) is 59.7 Å². The van der Waals surface area contributed by atoms with Gasteiger partial charge in [-0.3, -0.25) is 9.59 Å². The van der Waals surface area contributed by atoms with Gasteiger partial charge in [-0.1, -0.05) is 42.8 Å². The van der Waals surface area contributed by atoms with Crippen molar-refractivity contribution in [3.63, 3.8) is 0 Å². The molecule has 2 aliphatic heterocycles. The first-order valence-corrected chi connectivity index (χ1v) is 13.0. The van der Waals surface area contributed by atoms with Gasteiger partial charge < -0.3 is 10.2 Å². The molecule has 1 atom stereocenters. The Morgan fingerprint density at radius 2 is 1.79 bits per heavy atom. The van der Waals surface area contributed by atoms with Crippen LogP contribution in [0.15, 0.2) is 53.4 Å². The van der Waals surface area contributed by atoms with Crippen LogP contribution >= 0.6 is 0 Å². The highest BCUT2D eigenvalue weighted by Gasteiger charge is 2.34. The number of amides is 2. The molecule has 0 saturated carbocycles. The minimum absolute atomic E-state index is 0.0247. The van der Waals surface area contributed by atoms with Gasteiger partial charge in [0.2, 0.25) is 21.8 Å². The number of hydrogen-bond donors (Lipinski definition) is 1. The van der Waals surface area contributed by atoms with Crippen molar-refractivity contribution < 1.29 is 18.0 Å². The van der Waals surface area contributed by atoms with Gasteiger partial charge in [-0.15, -0.1) is 0 Å². The smallest absolute Gasteiger partial charge is 0.243 e. The third-order valence-corrected chi connectivity index (χ3v) is 8.53. The Bertz CT molecular complexity index is 1110. The number of likely N-dealkylation sites (tertiary alicyclic amines) is 1. The van der Waals surface area contributed by atoms with E-state index in [1.807, 2.05) is 30.3 Å². The molecule has 0 aliphatic carbocycles. The van der Waals surface area contributed by atoms with Crippen LogP contribution < -0.4 is 5.32 Å². The quantitative estimate of drug-likeness (QED) is 0.675. The fraction of sp³-hybridized carbons (Fsp3) is 0.440. The maximum atomic E-state index is 13.1. The molecule has 2 aromatic carbocycles. The van der Waals surface area contributed by atoms with Gasteiger partial charge in [-0.25, -0.2) is 8.42 Å². The summed E-state index contributed by atoms with van der Waals surface area (Å²) < 4.78 is 27.8. The summed E-state index contributed by atoms with van der Waals surface area (Å²) in [5.74, 6) is -0.726. The van der Waals surface area contributed by atoms with Gasteiger partial charge in [0.1, 0.15) is 0 Å². The lowest BCUT2D eigenvalue weighted by atomic mass is 10.1. The molecule has 2 aromatic rings. The van der Waals surface area contributed by atoms with Crippen molar-refractivity contribution in [3.8, 4) is 0 Å². The van der Waals surface area contributed by atoms with Crippen molar-refractivity contribution in [2.45, 2.75) is 43.9 Å². The van der Waals surface area contributed by atoms with E-state index in [4.69, 9.17) is 0 Å². The molecule has 0 radical (unpaired) electrons. The molecule has 1 unspecified atom stereocenters. The van der Waals surface area contributed by atoms with E-state index >= 15 is 0 Å². The van der Waals surface area contributed by atoms with E-state index in [1.54, 1.807) is 30.0 Å². The van der Waals surface area contributed by atoms with E-state index in [0.29, 0.717) is 37.4 Å². The molecule has 0 spiro atoms. The van der Waals surface area contributed by atoms with Gasteiger partial charge in [0.15, 0.2) is 0 Å². The normalized spacial score (nSPS) is 19.6. The number of carbonyl (C=O) groups is 2. The van der Waals surface area contributed by atoms with Gasteiger partial charge in [-0.05, 0) is 49.4 Å². The van der Waals surface area contributed by atoms with Gasteiger partial charge in [0.25, 0.3) is 0 Å². The van der Waals surface area contributed by atoms with E-state index in [0.717, 1.165) is 31.2 Å². The minimum Gasteiger partial charge on any atom is -0.342 e. The summed E-state index contributed by atoms with van der Waals surface area (Å²) in [6.07, 6.45) is 3.70. The number of anilines is 1. The molecule has 2 heterocycles. The van der Waals surface area contributed by atoms with Crippen LogP contribution in [0.4, 0.5) is 5.69 Å². The van der Waals surface area contributed by atoms with E-state index in [2.05, 4.69) is 5.32 Å². The Kier molecular flexibility index (Phi) is 7.14. The molecule has 7 nitrogen and oxygen atoms in total. The van der Waals surface area contributed by atoms with E-state index < -0.39 is 15.9 Å². The molecule has 0 aromatic heterocycles. The Labute approximate surface area is 195 Å². The number of benzene rings is 2. The van der Waals surface area contributed by atoms with Crippen LogP contribution in [-0.2, 0) is 26.0 Å². The molecule has 2 aliphatic rings. The first kappa shape index (κ1) is 23.4. The molecule has 4 rings (SSSR count). The third kappa shape index (κ3) is 5.45. The largest absolute Gasteiger partial charge is 0.342 e. The lowest BCUT2D eigenvalue weighted by Crippen LogP contribution is -2.36. The van der Waals surface area contributed by atoms with Gasteiger partial charge in [-0.2, -0.15) is 4.31 Å². The number of piperidine rings is 1. The van der Waals surface area contributed by atoms with Crippen LogP contribution in [0, 0.1) is 12.8 Å². The summed E-state index contributed by atoms with van der Waals surface area (Å²) in [4.78, 5) is 27.3. The van der Waals surface area contributed by atoms with E-state index in [-0.39, 0.29) is 23.1 Å². The zero-order chi connectivity index (χ0) is 23.4. The van der Waals surface area contributed by atoms with Gasteiger partial charge in [0, 0.05) is 38.3 Å². The van der Waals surface area contributed by atoms with Crippen LogP contribution in [-0.4, -0.2) is 55.6 Å². The van der Waals surface area contributed by atoms with Crippen LogP contribution in [0.3, 0.4) is 0 Å². The van der Waals surface area contributed by atoms with E-state index in [9.17, 15) is 18.0 Å². The van der Waals surface area contributed by atoms with Crippen LogP contribution in [0.1, 0.15) is 36.8 Å². The molecule has 33 heavy (non-hydrogen) atoms. The third-order valence-electron chi connectivity index (χ3n) is 6.49. The Morgan fingerprint density at radius 1 is 1.06 bits per heavy atom. The monoisotopic (exact) mass is 469 g/mol. The second-order valence-corrected chi connectivity index (χ2v) is 10.8.